The molecule has 0 aromatic heterocycles. The maximum absolute atomic E-state index is 10.6. The molecule has 4 nitrogen and oxygen atoms in total. The molecule has 0 spiro atoms. The van der Waals surface area contributed by atoms with Gasteiger partial charge in [-0.15, -0.1) is 0 Å². The second-order valence-electron chi connectivity index (χ2n) is 7.99. The highest BCUT2D eigenvalue weighted by molar-refractivity contribution is 5.14. The largest absolute Gasteiger partial charge is 0.390 e. The fourth-order valence-electron chi connectivity index (χ4n) is 4.43. The standard InChI is InChI=1S/C21H35N3O/c1-22(15-19-9-4-2-5-10-19)17-21(25)18-24-14-8-11-20(24)16-23-12-6-3-7-13-23/h2,4-5,9-10,20-21,25H,3,6-8,11-18H2,1H3. The van der Waals surface area contributed by atoms with E-state index in [1.54, 1.807) is 0 Å². The Bertz CT molecular complexity index is 489. The number of likely N-dealkylation sites (tertiary alicyclic amines) is 2. The minimum absolute atomic E-state index is 0.268. The molecule has 0 aliphatic carbocycles. The fraction of sp³-hybridized carbons (Fsp3) is 0.714. The molecule has 2 saturated heterocycles. The Morgan fingerprint density at radius 3 is 2.60 bits per heavy atom. The van der Waals surface area contributed by atoms with Gasteiger partial charge in [-0.2, -0.15) is 0 Å². The van der Waals surface area contributed by atoms with Crippen LogP contribution in [0, 0.1) is 0 Å². The molecule has 3 rings (SSSR count). The molecule has 140 valence electrons. The molecule has 1 aromatic rings. The van der Waals surface area contributed by atoms with Gasteiger partial charge in [0.15, 0.2) is 0 Å². The Balaban J connectivity index is 1.42. The molecule has 2 unspecified atom stereocenters. The Kier molecular flexibility index (Phi) is 7.29. The van der Waals surface area contributed by atoms with Crippen LogP contribution in [0.15, 0.2) is 30.3 Å². The predicted octanol–water partition coefficient (Wildman–Crippen LogP) is 2.43. The zero-order chi connectivity index (χ0) is 17.5. The lowest BCUT2D eigenvalue weighted by Gasteiger charge is -2.34. The van der Waals surface area contributed by atoms with Crippen LogP contribution >= 0.6 is 0 Å². The van der Waals surface area contributed by atoms with Gasteiger partial charge in [-0.05, 0) is 57.9 Å². The van der Waals surface area contributed by atoms with Crippen molar-refractivity contribution >= 4 is 0 Å². The Morgan fingerprint density at radius 1 is 1.08 bits per heavy atom. The smallest absolute Gasteiger partial charge is 0.0793 e. The highest BCUT2D eigenvalue weighted by Crippen LogP contribution is 2.20. The van der Waals surface area contributed by atoms with Gasteiger partial charge < -0.3 is 10.0 Å². The molecule has 2 aliphatic heterocycles. The van der Waals surface area contributed by atoms with Crippen LogP contribution in [-0.2, 0) is 6.54 Å². The van der Waals surface area contributed by atoms with Gasteiger partial charge in [-0.1, -0.05) is 36.8 Å². The lowest BCUT2D eigenvalue weighted by atomic mass is 10.1. The van der Waals surface area contributed by atoms with Crippen molar-refractivity contribution in [3.8, 4) is 0 Å². The molecule has 25 heavy (non-hydrogen) atoms. The van der Waals surface area contributed by atoms with E-state index in [-0.39, 0.29) is 6.10 Å². The van der Waals surface area contributed by atoms with E-state index < -0.39 is 0 Å². The van der Waals surface area contributed by atoms with E-state index in [2.05, 4.69) is 46.0 Å². The van der Waals surface area contributed by atoms with Crippen molar-refractivity contribution in [2.75, 3.05) is 46.3 Å². The number of nitrogens with zero attached hydrogens (tertiary/aromatic N) is 3. The number of benzene rings is 1. The summed E-state index contributed by atoms with van der Waals surface area (Å²) in [7, 11) is 2.10. The van der Waals surface area contributed by atoms with Crippen molar-refractivity contribution in [3.05, 3.63) is 35.9 Å². The van der Waals surface area contributed by atoms with Crippen molar-refractivity contribution < 1.29 is 5.11 Å². The van der Waals surface area contributed by atoms with Gasteiger partial charge in [-0.25, -0.2) is 0 Å². The number of likely N-dealkylation sites (N-methyl/N-ethyl adjacent to an activating group) is 1. The van der Waals surface area contributed by atoms with Crippen LogP contribution in [0.1, 0.15) is 37.7 Å². The third-order valence-electron chi connectivity index (χ3n) is 5.68. The molecule has 2 heterocycles. The summed E-state index contributed by atoms with van der Waals surface area (Å²) in [5.74, 6) is 0. The zero-order valence-corrected chi connectivity index (χ0v) is 15.8. The first-order chi connectivity index (χ1) is 12.2. The van der Waals surface area contributed by atoms with Crippen LogP contribution in [0.25, 0.3) is 0 Å². The molecular weight excluding hydrogens is 310 g/mol. The Hall–Kier alpha value is -0.940. The van der Waals surface area contributed by atoms with E-state index in [4.69, 9.17) is 0 Å². The Morgan fingerprint density at radius 2 is 1.84 bits per heavy atom. The first-order valence-electron chi connectivity index (χ1n) is 10.1. The van der Waals surface area contributed by atoms with E-state index in [9.17, 15) is 5.11 Å². The van der Waals surface area contributed by atoms with Gasteiger partial charge in [-0.3, -0.25) is 9.80 Å². The van der Waals surface area contributed by atoms with Gasteiger partial charge in [0.2, 0.25) is 0 Å². The topological polar surface area (TPSA) is 30.0 Å². The van der Waals surface area contributed by atoms with Gasteiger partial charge in [0.1, 0.15) is 0 Å². The summed E-state index contributed by atoms with van der Waals surface area (Å²) in [6.45, 7) is 7.35. The predicted molar refractivity (Wildman–Crippen MR) is 104 cm³/mol. The van der Waals surface area contributed by atoms with Gasteiger partial charge in [0, 0.05) is 32.2 Å². The van der Waals surface area contributed by atoms with Gasteiger partial charge in [0.25, 0.3) is 0 Å². The average molecular weight is 346 g/mol. The van der Waals surface area contributed by atoms with Crippen molar-refractivity contribution in [1.82, 2.24) is 14.7 Å². The molecule has 0 bridgehead atoms. The molecule has 0 radical (unpaired) electrons. The minimum Gasteiger partial charge on any atom is -0.390 e. The first-order valence-corrected chi connectivity index (χ1v) is 10.1. The van der Waals surface area contributed by atoms with Crippen molar-refractivity contribution in [1.29, 1.82) is 0 Å². The third-order valence-corrected chi connectivity index (χ3v) is 5.68. The third kappa shape index (κ3) is 6.07. The molecule has 1 aromatic carbocycles. The van der Waals surface area contributed by atoms with Crippen molar-refractivity contribution in [2.45, 2.75) is 50.8 Å². The maximum Gasteiger partial charge on any atom is 0.0793 e. The number of hydrogen-bond acceptors (Lipinski definition) is 4. The molecule has 0 saturated carbocycles. The van der Waals surface area contributed by atoms with E-state index in [0.29, 0.717) is 6.04 Å². The second-order valence-corrected chi connectivity index (χ2v) is 7.99. The fourth-order valence-corrected chi connectivity index (χ4v) is 4.43. The van der Waals surface area contributed by atoms with Crippen LogP contribution in [0.3, 0.4) is 0 Å². The highest BCUT2D eigenvalue weighted by atomic mass is 16.3. The summed E-state index contributed by atoms with van der Waals surface area (Å²) >= 11 is 0. The number of hydrogen-bond donors (Lipinski definition) is 1. The maximum atomic E-state index is 10.6. The van der Waals surface area contributed by atoms with E-state index in [1.165, 1.54) is 57.3 Å². The molecule has 0 amide bonds. The lowest BCUT2D eigenvalue weighted by Crippen LogP contribution is -2.46. The van der Waals surface area contributed by atoms with E-state index in [0.717, 1.165) is 26.2 Å². The average Bonchev–Trinajstić information content (AvgIpc) is 3.03. The summed E-state index contributed by atoms with van der Waals surface area (Å²) in [5, 5.41) is 10.6. The van der Waals surface area contributed by atoms with Crippen LogP contribution in [0.4, 0.5) is 0 Å². The van der Waals surface area contributed by atoms with Crippen LogP contribution < -0.4 is 0 Å². The number of piperidine rings is 1. The van der Waals surface area contributed by atoms with Crippen molar-refractivity contribution in [2.24, 2.45) is 0 Å². The molecule has 4 heteroatoms. The summed E-state index contributed by atoms with van der Waals surface area (Å²) in [5.41, 5.74) is 1.31. The number of aliphatic hydroxyl groups excluding tert-OH is 1. The normalized spacial score (nSPS) is 24.0. The van der Waals surface area contributed by atoms with Crippen molar-refractivity contribution in [3.63, 3.8) is 0 Å². The lowest BCUT2D eigenvalue weighted by molar-refractivity contribution is 0.0649. The van der Waals surface area contributed by atoms with Crippen LogP contribution in [0.2, 0.25) is 0 Å². The molecule has 2 fully saturated rings. The summed E-state index contributed by atoms with van der Waals surface area (Å²) in [6, 6.07) is 11.2. The summed E-state index contributed by atoms with van der Waals surface area (Å²) in [4.78, 5) is 7.41. The quantitative estimate of drug-likeness (QED) is 0.784. The summed E-state index contributed by atoms with van der Waals surface area (Å²) in [6.07, 6.45) is 6.43. The molecular formula is C21H35N3O. The molecule has 1 N–H and O–H groups in total. The minimum atomic E-state index is -0.268. The number of aliphatic hydroxyl groups is 1. The highest BCUT2D eigenvalue weighted by Gasteiger charge is 2.28. The number of rotatable bonds is 8. The molecule has 2 aliphatic rings. The van der Waals surface area contributed by atoms with E-state index >= 15 is 0 Å². The summed E-state index contributed by atoms with van der Waals surface area (Å²) < 4.78 is 0. The van der Waals surface area contributed by atoms with Gasteiger partial charge >= 0.3 is 0 Å². The monoisotopic (exact) mass is 345 g/mol. The zero-order valence-electron chi connectivity index (χ0n) is 15.8. The van der Waals surface area contributed by atoms with E-state index in [1.807, 2.05) is 6.07 Å². The van der Waals surface area contributed by atoms with Gasteiger partial charge in [0.05, 0.1) is 6.10 Å². The SMILES string of the molecule is CN(Cc1ccccc1)CC(O)CN1CCCC1CN1CCCCC1. The first kappa shape index (κ1) is 18.8. The Labute approximate surface area is 153 Å². The van der Waals surface area contributed by atoms with Crippen LogP contribution in [-0.4, -0.2) is 78.3 Å². The van der Waals surface area contributed by atoms with Crippen LogP contribution in [0.5, 0.6) is 0 Å². The second kappa shape index (κ2) is 9.67. The number of β-amino-alcohol motifs (C(OH)–C–C–N with tert-alkyl or cyclic N) is 1. The molecule has 2 atom stereocenters.